The fraction of sp³-hybridized carbons (Fsp3) is 0.364. The highest BCUT2D eigenvalue weighted by Gasteiger charge is 2.23. The molecule has 4 rings (SSSR count). The third-order valence-corrected chi connectivity index (χ3v) is 6.24. The molecule has 0 aliphatic carbocycles. The van der Waals surface area contributed by atoms with Crippen LogP contribution in [-0.2, 0) is 13.2 Å². The number of nitrogens with zero attached hydrogens (tertiary/aromatic N) is 2. The fourth-order valence-corrected chi connectivity index (χ4v) is 4.64. The van der Waals surface area contributed by atoms with Crippen molar-refractivity contribution in [1.29, 1.82) is 0 Å². The molecule has 0 bridgehead atoms. The van der Waals surface area contributed by atoms with Gasteiger partial charge in [-0.2, -0.15) is 0 Å². The number of piperidine rings is 1. The molecule has 1 fully saturated rings. The molecule has 0 spiro atoms. The van der Waals surface area contributed by atoms with Gasteiger partial charge in [-0.3, -0.25) is 9.69 Å². The standard InChI is InChI=1S/C22H25N3O3S/c1-28-19-7-6-15(10-17(19)14-26)12-25-8-2-4-16(13-25)18-11-21(27)24-22(23-18)20-5-3-9-29-20/h3,5-7,9-11,16,26H,2,4,8,12-14H2,1H3,(H,23,24,27). The summed E-state index contributed by atoms with van der Waals surface area (Å²) in [5.74, 6) is 1.60. The van der Waals surface area contributed by atoms with Gasteiger partial charge in [-0.25, -0.2) is 4.98 Å². The summed E-state index contributed by atoms with van der Waals surface area (Å²) in [5.41, 5.74) is 2.72. The molecule has 3 aromatic rings. The molecule has 0 radical (unpaired) electrons. The van der Waals surface area contributed by atoms with Gasteiger partial charge in [0.1, 0.15) is 11.6 Å². The van der Waals surface area contributed by atoms with E-state index in [1.165, 1.54) is 0 Å². The molecular formula is C22H25N3O3S. The Labute approximate surface area is 173 Å². The minimum absolute atomic E-state index is 0.0398. The number of likely N-dealkylation sites (tertiary alicyclic amines) is 1. The van der Waals surface area contributed by atoms with Gasteiger partial charge in [0.25, 0.3) is 5.56 Å². The number of aliphatic hydroxyl groups excluding tert-OH is 1. The smallest absolute Gasteiger partial charge is 0.251 e. The molecule has 3 heterocycles. The number of hydrogen-bond acceptors (Lipinski definition) is 6. The topological polar surface area (TPSA) is 78.5 Å². The van der Waals surface area contributed by atoms with Crippen molar-refractivity contribution in [2.75, 3.05) is 20.2 Å². The zero-order valence-electron chi connectivity index (χ0n) is 16.4. The molecule has 1 saturated heterocycles. The highest BCUT2D eigenvalue weighted by atomic mass is 32.1. The van der Waals surface area contributed by atoms with Crippen molar-refractivity contribution >= 4 is 11.3 Å². The zero-order chi connectivity index (χ0) is 20.2. The van der Waals surface area contributed by atoms with Crippen LogP contribution in [0.3, 0.4) is 0 Å². The van der Waals surface area contributed by atoms with Crippen LogP contribution in [0.5, 0.6) is 5.75 Å². The van der Waals surface area contributed by atoms with Gasteiger partial charge < -0.3 is 14.8 Å². The molecular weight excluding hydrogens is 386 g/mol. The highest BCUT2D eigenvalue weighted by molar-refractivity contribution is 7.13. The summed E-state index contributed by atoms with van der Waals surface area (Å²) in [5, 5.41) is 11.6. The molecule has 1 aliphatic rings. The van der Waals surface area contributed by atoms with Crippen LogP contribution in [0.4, 0.5) is 0 Å². The summed E-state index contributed by atoms with van der Waals surface area (Å²) >= 11 is 1.58. The molecule has 7 heteroatoms. The quantitative estimate of drug-likeness (QED) is 0.650. The summed E-state index contributed by atoms with van der Waals surface area (Å²) < 4.78 is 5.30. The Hall–Kier alpha value is -2.48. The number of ether oxygens (including phenoxy) is 1. The average Bonchev–Trinajstić information content (AvgIpc) is 3.28. The van der Waals surface area contributed by atoms with E-state index in [1.807, 2.05) is 35.7 Å². The first-order valence-corrected chi connectivity index (χ1v) is 10.7. The number of aromatic nitrogens is 2. The van der Waals surface area contributed by atoms with Crippen molar-refractivity contribution in [3.05, 3.63) is 69.0 Å². The Morgan fingerprint density at radius 3 is 3.00 bits per heavy atom. The molecule has 0 saturated carbocycles. The lowest BCUT2D eigenvalue weighted by Gasteiger charge is -2.32. The predicted octanol–water partition coefficient (Wildman–Crippen LogP) is 3.38. The fourth-order valence-electron chi connectivity index (χ4n) is 3.97. The first-order chi connectivity index (χ1) is 14.2. The molecule has 2 N–H and O–H groups in total. The van der Waals surface area contributed by atoms with Gasteiger partial charge >= 0.3 is 0 Å². The van der Waals surface area contributed by atoms with Gasteiger partial charge in [-0.15, -0.1) is 11.3 Å². The van der Waals surface area contributed by atoms with Crippen molar-refractivity contribution in [3.63, 3.8) is 0 Å². The predicted molar refractivity (Wildman–Crippen MR) is 114 cm³/mol. The van der Waals surface area contributed by atoms with Crippen LogP contribution in [-0.4, -0.2) is 40.2 Å². The molecule has 152 valence electrons. The van der Waals surface area contributed by atoms with Gasteiger partial charge in [0.15, 0.2) is 0 Å². The first-order valence-electron chi connectivity index (χ1n) is 9.80. The van der Waals surface area contributed by atoms with Gasteiger partial charge in [0.2, 0.25) is 0 Å². The number of rotatable bonds is 6. The molecule has 29 heavy (non-hydrogen) atoms. The van der Waals surface area contributed by atoms with Gasteiger partial charge in [0.05, 0.1) is 24.3 Å². The lowest BCUT2D eigenvalue weighted by molar-refractivity contribution is 0.198. The van der Waals surface area contributed by atoms with Gasteiger partial charge in [-0.05, 0) is 48.5 Å². The van der Waals surface area contributed by atoms with E-state index in [2.05, 4.69) is 9.88 Å². The van der Waals surface area contributed by atoms with Crippen molar-refractivity contribution in [2.45, 2.75) is 31.9 Å². The molecule has 1 unspecified atom stereocenters. The maximum Gasteiger partial charge on any atom is 0.251 e. The average molecular weight is 412 g/mol. The van der Waals surface area contributed by atoms with Gasteiger partial charge in [-0.1, -0.05) is 12.1 Å². The van der Waals surface area contributed by atoms with E-state index in [4.69, 9.17) is 9.72 Å². The van der Waals surface area contributed by atoms with Crippen molar-refractivity contribution in [1.82, 2.24) is 14.9 Å². The maximum absolute atomic E-state index is 12.2. The molecule has 6 nitrogen and oxygen atoms in total. The van der Waals surface area contributed by atoms with E-state index in [9.17, 15) is 9.90 Å². The summed E-state index contributed by atoms with van der Waals surface area (Å²) in [7, 11) is 1.61. The summed E-state index contributed by atoms with van der Waals surface area (Å²) in [6.45, 7) is 2.63. The van der Waals surface area contributed by atoms with Crippen LogP contribution in [0.25, 0.3) is 10.7 Å². The molecule has 2 aromatic heterocycles. The minimum Gasteiger partial charge on any atom is -0.496 e. The van der Waals surface area contributed by atoms with E-state index in [0.29, 0.717) is 11.6 Å². The number of nitrogens with one attached hydrogen (secondary N) is 1. The Morgan fingerprint density at radius 2 is 2.24 bits per heavy atom. The van der Waals surface area contributed by atoms with Crippen LogP contribution in [0.15, 0.2) is 46.6 Å². The second-order valence-electron chi connectivity index (χ2n) is 7.37. The van der Waals surface area contributed by atoms with Crippen LogP contribution < -0.4 is 10.3 Å². The second-order valence-corrected chi connectivity index (χ2v) is 8.32. The number of thiophene rings is 1. The SMILES string of the molecule is COc1ccc(CN2CCCC(c3cc(=O)[nH]c(-c4cccs4)n3)C2)cc1CO. The van der Waals surface area contributed by atoms with Crippen LogP contribution in [0.1, 0.15) is 35.6 Å². The number of aliphatic hydroxyl groups is 1. The third kappa shape index (κ3) is 4.58. The Balaban J connectivity index is 1.51. The van der Waals surface area contributed by atoms with E-state index >= 15 is 0 Å². The van der Waals surface area contributed by atoms with Crippen LogP contribution in [0, 0.1) is 0 Å². The third-order valence-electron chi connectivity index (χ3n) is 5.36. The Morgan fingerprint density at radius 1 is 1.34 bits per heavy atom. The summed E-state index contributed by atoms with van der Waals surface area (Å²) in [4.78, 5) is 23.2. The number of methoxy groups -OCH3 is 1. The molecule has 1 atom stereocenters. The number of hydrogen-bond donors (Lipinski definition) is 2. The molecule has 1 aliphatic heterocycles. The van der Waals surface area contributed by atoms with Crippen LogP contribution in [0.2, 0.25) is 0 Å². The Kier molecular flexibility index (Phi) is 6.08. The summed E-state index contributed by atoms with van der Waals surface area (Å²) in [6.07, 6.45) is 2.10. The normalized spacial score (nSPS) is 17.4. The highest BCUT2D eigenvalue weighted by Crippen LogP contribution is 2.29. The largest absolute Gasteiger partial charge is 0.496 e. The van der Waals surface area contributed by atoms with Crippen LogP contribution >= 0.6 is 11.3 Å². The maximum atomic E-state index is 12.2. The van der Waals surface area contributed by atoms with E-state index in [1.54, 1.807) is 24.5 Å². The second kappa shape index (κ2) is 8.90. The monoisotopic (exact) mass is 411 g/mol. The number of aromatic amines is 1. The lowest BCUT2D eigenvalue weighted by Crippen LogP contribution is -2.34. The van der Waals surface area contributed by atoms with E-state index in [-0.39, 0.29) is 18.1 Å². The Bertz CT molecular complexity index is 1020. The number of H-pyrrole nitrogens is 1. The number of benzene rings is 1. The molecule has 1 aromatic carbocycles. The van der Waals surface area contributed by atoms with E-state index in [0.717, 1.165) is 54.2 Å². The minimum atomic E-state index is -0.0988. The van der Waals surface area contributed by atoms with Crippen molar-refractivity contribution in [2.24, 2.45) is 0 Å². The van der Waals surface area contributed by atoms with Crippen molar-refractivity contribution in [3.8, 4) is 16.5 Å². The summed E-state index contributed by atoms with van der Waals surface area (Å²) in [6, 6.07) is 11.5. The lowest BCUT2D eigenvalue weighted by atomic mass is 9.94. The first kappa shape index (κ1) is 19.8. The van der Waals surface area contributed by atoms with Gasteiger partial charge in [0, 0.05) is 30.6 Å². The van der Waals surface area contributed by atoms with E-state index < -0.39 is 0 Å². The van der Waals surface area contributed by atoms with Crippen molar-refractivity contribution < 1.29 is 9.84 Å². The molecule has 0 amide bonds. The zero-order valence-corrected chi connectivity index (χ0v) is 17.2.